The highest BCUT2D eigenvalue weighted by Crippen LogP contribution is 2.37. The van der Waals surface area contributed by atoms with Crippen molar-refractivity contribution in [2.24, 2.45) is 7.05 Å². The van der Waals surface area contributed by atoms with Gasteiger partial charge in [0.1, 0.15) is 12.1 Å². The normalized spacial score (nSPS) is 12.4. The molecular weight excluding hydrogens is 500 g/mol. The van der Waals surface area contributed by atoms with Crippen LogP contribution in [0.3, 0.4) is 0 Å². The topological polar surface area (TPSA) is 123 Å². The number of carbonyl (C=O) groups excluding carboxylic acids is 2. The summed E-state index contributed by atoms with van der Waals surface area (Å²) >= 11 is 6.31. The Morgan fingerprint density at radius 3 is 2.73 bits per heavy atom. The van der Waals surface area contributed by atoms with Gasteiger partial charge in [0.15, 0.2) is 0 Å². The third kappa shape index (κ3) is 10.1. The molecule has 10 nitrogen and oxygen atoms in total. The number of fused-ring (bicyclic) bond motifs is 2. The molecule has 0 atom stereocenters. The molecule has 0 bridgehead atoms. The van der Waals surface area contributed by atoms with Gasteiger partial charge in [-0.3, -0.25) is 9.48 Å². The SMILES string of the molecule is CCOC(=O)/C=C/CNCCCCN1c2cc(Cl)ccc2CCc2cnn(C)c21.O=CO/C=C\C(=O)O. The summed E-state index contributed by atoms with van der Waals surface area (Å²) in [7, 11) is 2.00. The van der Waals surface area contributed by atoms with Crippen LogP contribution in [-0.2, 0) is 43.7 Å². The number of hydrogen-bond donors (Lipinski definition) is 2. The standard InChI is InChI=1S/C22H29ClN4O2.C4H4O4/c1-3-29-21(28)7-6-13-24-12-4-5-14-27-20-15-19(23)11-10-17(20)8-9-18-16-25-26(2)22(18)27;5-3-8-2-1-4(6)7/h6-7,10-11,15-16,24H,3-5,8-9,12-14H2,1-2H3;1-3H,(H,6,7)/b7-6+;2-1-. The Balaban J connectivity index is 0.000000521. The van der Waals surface area contributed by atoms with Crippen molar-refractivity contribution in [2.75, 3.05) is 31.1 Å². The highest BCUT2D eigenvalue weighted by Gasteiger charge is 2.23. The van der Waals surface area contributed by atoms with Crippen LogP contribution in [-0.4, -0.2) is 59.5 Å². The molecule has 0 saturated carbocycles. The van der Waals surface area contributed by atoms with E-state index in [2.05, 4.69) is 32.2 Å². The zero-order valence-corrected chi connectivity index (χ0v) is 21.8. The fourth-order valence-electron chi connectivity index (χ4n) is 3.79. The molecule has 0 spiro atoms. The Bertz CT molecular complexity index is 1100. The number of carbonyl (C=O) groups is 3. The summed E-state index contributed by atoms with van der Waals surface area (Å²) in [4.78, 5) is 32.5. The fraction of sp³-hybridized carbons (Fsp3) is 0.385. The zero-order valence-electron chi connectivity index (χ0n) is 21.1. The first-order valence-corrected chi connectivity index (χ1v) is 12.3. The lowest BCUT2D eigenvalue weighted by molar-refractivity contribution is -0.137. The van der Waals surface area contributed by atoms with Crippen molar-refractivity contribution in [3.8, 4) is 0 Å². The molecule has 3 rings (SSSR count). The summed E-state index contributed by atoms with van der Waals surface area (Å²) in [6.45, 7) is 4.79. The van der Waals surface area contributed by atoms with E-state index >= 15 is 0 Å². The molecule has 11 heteroatoms. The number of nitrogens with one attached hydrogen (secondary N) is 1. The summed E-state index contributed by atoms with van der Waals surface area (Å²) in [5.74, 6) is -0.275. The predicted octanol–water partition coefficient (Wildman–Crippen LogP) is 3.56. The second kappa shape index (κ2) is 16.2. The number of halogens is 1. The third-order valence-electron chi connectivity index (χ3n) is 5.37. The number of rotatable bonds is 12. The second-order valence-corrected chi connectivity index (χ2v) is 8.42. The smallest absolute Gasteiger partial charge is 0.331 e. The number of aromatic nitrogens is 2. The first kappa shape index (κ1) is 29.6. The fourth-order valence-corrected chi connectivity index (χ4v) is 3.96. The number of ether oxygens (including phenoxy) is 2. The number of benzene rings is 1. The Hall–Kier alpha value is -3.63. The molecule has 1 aromatic heterocycles. The Kier molecular flexibility index (Phi) is 12.9. The molecule has 2 aromatic rings. The van der Waals surface area contributed by atoms with Gasteiger partial charge in [0.25, 0.3) is 6.47 Å². The van der Waals surface area contributed by atoms with Gasteiger partial charge in [0.05, 0.1) is 18.9 Å². The molecule has 37 heavy (non-hydrogen) atoms. The van der Waals surface area contributed by atoms with E-state index in [0.717, 1.165) is 55.9 Å². The molecule has 1 aliphatic heterocycles. The molecular formula is C26H33ClN4O6. The van der Waals surface area contributed by atoms with E-state index < -0.39 is 5.97 Å². The van der Waals surface area contributed by atoms with E-state index in [-0.39, 0.29) is 12.4 Å². The van der Waals surface area contributed by atoms with Gasteiger partial charge in [-0.2, -0.15) is 5.10 Å². The van der Waals surface area contributed by atoms with Gasteiger partial charge >= 0.3 is 11.9 Å². The van der Waals surface area contributed by atoms with Crippen molar-refractivity contribution < 1.29 is 29.0 Å². The lowest BCUT2D eigenvalue weighted by atomic mass is 10.1. The van der Waals surface area contributed by atoms with Crippen molar-refractivity contribution in [3.05, 3.63) is 65.0 Å². The highest BCUT2D eigenvalue weighted by molar-refractivity contribution is 6.30. The van der Waals surface area contributed by atoms with Crippen molar-refractivity contribution in [3.63, 3.8) is 0 Å². The number of anilines is 2. The minimum atomic E-state index is -1.15. The minimum absolute atomic E-state index is 0.138. The monoisotopic (exact) mass is 532 g/mol. The van der Waals surface area contributed by atoms with E-state index in [0.29, 0.717) is 19.2 Å². The number of hydrogen-bond acceptors (Lipinski definition) is 8. The maximum Gasteiger partial charge on any atom is 0.331 e. The molecule has 2 N–H and O–H groups in total. The maximum absolute atomic E-state index is 11.3. The number of nitrogens with zero attached hydrogens (tertiary/aromatic N) is 3. The molecule has 1 aliphatic rings. The Labute approximate surface area is 221 Å². The van der Waals surface area contributed by atoms with Crippen LogP contribution in [0.4, 0.5) is 11.5 Å². The van der Waals surface area contributed by atoms with Crippen molar-refractivity contribution in [1.29, 1.82) is 0 Å². The number of esters is 1. The third-order valence-corrected chi connectivity index (χ3v) is 5.61. The molecule has 0 saturated heterocycles. The highest BCUT2D eigenvalue weighted by atomic mass is 35.5. The average molecular weight is 533 g/mol. The summed E-state index contributed by atoms with van der Waals surface area (Å²) in [6.07, 6.45) is 10.8. The van der Waals surface area contributed by atoms with Gasteiger partial charge < -0.3 is 24.8 Å². The van der Waals surface area contributed by atoms with Gasteiger partial charge in [0, 0.05) is 42.5 Å². The van der Waals surface area contributed by atoms with E-state index in [1.807, 2.05) is 24.0 Å². The largest absolute Gasteiger partial charge is 0.478 e. The van der Waals surface area contributed by atoms with Gasteiger partial charge in [-0.1, -0.05) is 23.7 Å². The van der Waals surface area contributed by atoms with E-state index in [4.69, 9.17) is 21.4 Å². The minimum Gasteiger partial charge on any atom is -0.478 e. The predicted molar refractivity (Wildman–Crippen MR) is 141 cm³/mol. The van der Waals surface area contributed by atoms with E-state index in [9.17, 15) is 14.4 Å². The Morgan fingerprint density at radius 2 is 2.00 bits per heavy atom. The summed E-state index contributed by atoms with van der Waals surface area (Å²) in [5, 5.41) is 16.4. The second-order valence-electron chi connectivity index (χ2n) is 7.98. The van der Waals surface area contributed by atoms with Gasteiger partial charge in [0.2, 0.25) is 0 Å². The van der Waals surface area contributed by atoms with Crippen molar-refractivity contribution in [1.82, 2.24) is 15.1 Å². The summed E-state index contributed by atoms with van der Waals surface area (Å²) in [5.41, 5.74) is 3.79. The first-order valence-electron chi connectivity index (χ1n) is 12.0. The molecule has 200 valence electrons. The number of aryl methyl sites for hydroxylation is 3. The number of carboxylic acid groups (broad SMARTS) is 1. The number of aliphatic carboxylic acids is 1. The number of carboxylic acids is 1. The van der Waals surface area contributed by atoms with Gasteiger partial charge in [-0.15, -0.1) is 0 Å². The molecule has 0 unspecified atom stereocenters. The van der Waals surface area contributed by atoms with Crippen molar-refractivity contribution >= 4 is 41.5 Å². The van der Waals surface area contributed by atoms with Crippen LogP contribution in [0.1, 0.15) is 30.9 Å². The molecule has 0 aliphatic carbocycles. The van der Waals surface area contributed by atoms with Gasteiger partial charge in [-0.25, -0.2) is 9.59 Å². The summed E-state index contributed by atoms with van der Waals surface area (Å²) < 4.78 is 10.7. The summed E-state index contributed by atoms with van der Waals surface area (Å²) in [6, 6.07) is 6.18. The van der Waals surface area contributed by atoms with Crippen LogP contribution in [0.2, 0.25) is 5.02 Å². The average Bonchev–Trinajstić information content (AvgIpc) is 3.15. The first-order chi connectivity index (χ1) is 17.9. The number of unbranched alkanes of at least 4 members (excludes halogenated alkanes) is 1. The van der Waals surface area contributed by atoms with Crippen molar-refractivity contribution in [2.45, 2.75) is 32.6 Å². The Morgan fingerprint density at radius 1 is 1.22 bits per heavy atom. The van der Waals surface area contributed by atoms with E-state index in [1.54, 1.807) is 13.0 Å². The van der Waals surface area contributed by atoms with Crippen LogP contribution in [0.5, 0.6) is 0 Å². The van der Waals surface area contributed by atoms with Crippen LogP contribution in [0, 0.1) is 0 Å². The lowest BCUT2D eigenvalue weighted by Crippen LogP contribution is -2.23. The molecule has 0 amide bonds. The van der Waals surface area contributed by atoms with Gasteiger partial charge in [-0.05, 0) is 56.8 Å². The van der Waals surface area contributed by atoms with Crippen LogP contribution in [0.25, 0.3) is 0 Å². The lowest BCUT2D eigenvalue weighted by Gasteiger charge is -2.26. The van der Waals surface area contributed by atoms with Crippen LogP contribution >= 0.6 is 11.6 Å². The zero-order chi connectivity index (χ0) is 27.0. The van der Waals surface area contributed by atoms with E-state index in [1.165, 1.54) is 22.9 Å². The molecule has 0 radical (unpaired) electrons. The van der Waals surface area contributed by atoms with Crippen LogP contribution in [0.15, 0.2) is 48.9 Å². The molecule has 1 aromatic carbocycles. The maximum atomic E-state index is 11.3. The quantitative estimate of drug-likeness (QED) is 0.139. The van der Waals surface area contributed by atoms with Crippen LogP contribution < -0.4 is 10.2 Å². The molecule has 0 fully saturated rings. The molecule has 2 heterocycles.